The van der Waals surface area contributed by atoms with E-state index in [1.807, 2.05) is 50.2 Å². The minimum Gasteiger partial charge on any atom is -0.340 e. The standard InChI is InChI=1S/C21H26N4O2.2ClH/c1-14-8-10-16(11-9-14)19(22)21(27)25-12-4-6-17(13-25)20(26)24-18-7-3-5-15(2)23-18;;/h3,5,7-11,17,19H,4,6,12-13,22H2,1-2H3,(H,23,24,26);2*1H. The SMILES string of the molecule is Cc1ccc(C(N)C(=O)N2CCCC(C(=O)Nc3cccc(C)n3)C2)cc1.Cl.Cl. The number of pyridine rings is 1. The van der Waals surface area contributed by atoms with Crippen LogP contribution in [0.15, 0.2) is 42.5 Å². The molecule has 2 aromatic rings. The van der Waals surface area contributed by atoms with Gasteiger partial charge in [0.25, 0.3) is 0 Å². The zero-order valence-electron chi connectivity index (χ0n) is 16.6. The van der Waals surface area contributed by atoms with E-state index in [0.29, 0.717) is 18.9 Å². The fraction of sp³-hybridized carbons (Fsp3) is 0.381. The predicted octanol–water partition coefficient (Wildman–Crippen LogP) is 3.42. The Labute approximate surface area is 184 Å². The highest BCUT2D eigenvalue weighted by Gasteiger charge is 2.31. The highest BCUT2D eigenvalue weighted by Crippen LogP contribution is 2.22. The molecule has 8 heteroatoms. The summed E-state index contributed by atoms with van der Waals surface area (Å²) >= 11 is 0. The van der Waals surface area contributed by atoms with Crippen molar-refractivity contribution in [2.75, 3.05) is 18.4 Å². The van der Waals surface area contributed by atoms with Crippen molar-refractivity contribution in [3.05, 3.63) is 59.3 Å². The first-order valence-corrected chi connectivity index (χ1v) is 9.29. The Bertz CT molecular complexity index is 830. The molecule has 1 aliphatic rings. The molecule has 2 unspecified atom stereocenters. The second-order valence-corrected chi connectivity index (χ2v) is 7.17. The van der Waals surface area contributed by atoms with Gasteiger partial charge in [0.1, 0.15) is 11.9 Å². The van der Waals surface area contributed by atoms with Crippen LogP contribution in [0.2, 0.25) is 0 Å². The van der Waals surface area contributed by atoms with Gasteiger partial charge in [-0.3, -0.25) is 9.59 Å². The summed E-state index contributed by atoms with van der Waals surface area (Å²) in [5, 5.41) is 2.86. The molecule has 158 valence electrons. The summed E-state index contributed by atoms with van der Waals surface area (Å²) < 4.78 is 0. The molecule has 6 nitrogen and oxygen atoms in total. The molecule has 1 fully saturated rings. The first kappa shape index (κ1) is 24.9. The van der Waals surface area contributed by atoms with Crippen LogP contribution in [0.5, 0.6) is 0 Å². The molecule has 0 aliphatic carbocycles. The van der Waals surface area contributed by atoms with E-state index in [1.54, 1.807) is 11.0 Å². The highest BCUT2D eigenvalue weighted by atomic mass is 35.5. The van der Waals surface area contributed by atoms with Gasteiger partial charge in [-0.05, 0) is 44.4 Å². The van der Waals surface area contributed by atoms with Crippen LogP contribution in [-0.2, 0) is 9.59 Å². The van der Waals surface area contributed by atoms with Crippen molar-refractivity contribution in [2.24, 2.45) is 11.7 Å². The Kier molecular flexibility index (Phi) is 9.56. The third-order valence-corrected chi connectivity index (χ3v) is 4.95. The van der Waals surface area contributed by atoms with Gasteiger partial charge in [-0.2, -0.15) is 0 Å². The van der Waals surface area contributed by atoms with E-state index < -0.39 is 6.04 Å². The second kappa shape index (κ2) is 11.1. The number of aromatic nitrogens is 1. The lowest BCUT2D eigenvalue weighted by Gasteiger charge is -2.33. The molecule has 1 aliphatic heterocycles. The molecule has 0 bridgehead atoms. The van der Waals surface area contributed by atoms with Crippen LogP contribution in [0.4, 0.5) is 5.82 Å². The van der Waals surface area contributed by atoms with Gasteiger partial charge in [-0.25, -0.2) is 4.98 Å². The first-order chi connectivity index (χ1) is 12.9. The molecule has 1 aromatic heterocycles. The second-order valence-electron chi connectivity index (χ2n) is 7.17. The Morgan fingerprint density at radius 1 is 1.14 bits per heavy atom. The van der Waals surface area contributed by atoms with E-state index in [1.165, 1.54) is 0 Å². The number of nitrogens with two attached hydrogens (primary N) is 1. The van der Waals surface area contributed by atoms with E-state index in [0.717, 1.165) is 29.7 Å². The Balaban J connectivity index is 0.00000210. The van der Waals surface area contributed by atoms with E-state index in [-0.39, 0.29) is 42.5 Å². The van der Waals surface area contributed by atoms with Gasteiger partial charge in [0, 0.05) is 18.8 Å². The number of nitrogens with one attached hydrogen (secondary N) is 1. The number of hydrogen-bond donors (Lipinski definition) is 2. The molecular formula is C21H28Cl2N4O2. The normalized spacial score (nSPS) is 16.8. The van der Waals surface area contributed by atoms with Crippen molar-refractivity contribution in [3.63, 3.8) is 0 Å². The van der Waals surface area contributed by atoms with E-state index in [2.05, 4.69) is 10.3 Å². The molecule has 2 heterocycles. The number of nitrogens with zero attached hydrogens (tertiary/aromatic N) is 2. The number of piperidine rings is 1. The molecule has 2 atom stereocenters. The smallest absolute Gasteiger partial charge is 0.244 e. The lowest BCUT2D eigenvalue weighted by molar-refractivity contribution is -0.136. The molecule has 29 heavy (non-hydrogen) atoms. The maximum atomic E-state index is 12.8. The molecule has 0 radical (unpaired) electrons. The molecule has 0 saturated carbocycles. The Morgan fingerprint density at radius 3 is 2.48 bits per heavy atom. The molecule has 1 saturated heterocycles. The number of benzene rings is 1. The van der Waals surface area contributed by atoms with Crippen LogP contribution in [0, 0.1) is 19.8 Å². The van der Waals surface area contributed by atoms with E-state index in [9.17, 15) is 9.59 Å². The predicted molar refractivity (Wildman–Crippen MR) is 120 cm³/mol. The van der Waals surface area contributed by atoms with Gasteiger partial charge >= 0.3 is 0 Å². The summed E-state index contributed by atoms with van der Waals surface area (Å²) in [5.41, 5.74) is 8.94. The zero-order valence-corrected chi connectivity index (χ0v) is 18.3. The van der Waals surface area contributed by atoms with Gasteiger partial charge in [0.15, 0.2) is 0 Å². The van der Waals surface area contributed by atoms with Crippen LogP contribution < -0.4 is 11.1 Å². The van der Waals surface area contributed by atoms with Crippen LogP contribution in [-0.4, -0.2) is 34.8 Å². The summed E-state index contributed by atoms with van der Waals surface area (Å²) in [6, 6.07) is 12.5. The lowest BCUT2D eigenvalue weighted by Crippen LogP contribution is -2.47. The summed E-state index contributed by atoms with van der Waals surface area (Å²) in [5.74, 6) is 0.0505. The van der Waals surface area contributed by atoms with E-state index >= 15 is 0 Å². The number of likely N-dealkylation sites (tertiary alicyclic amines) is 1. The highest BCUT2D eigenvalue weighted by molar-refractivity contribution is 5.92. The fourth-order valence-corrected chi connectivity index (χ4v) is 3.35. The average Bonchev–Trinajstić information content (AvgIpc) is 2.67. The lowest BCUT2D eigenvalue weighted by atomic mass is 9.95. The maximum Gasteiger partial charge on any atom is 0.244 e. The number of anilines is 1. The van der Waals surface area contributed by atoms with Crippen LogP contribution in [0.25, 0.3) is 0 Å². The topological polar surface area (TPSA) is 88.3 Å². The summed E-state index contributed by atoms with van der Waals surface area (Å²) in [6.07, 6.45) is 1.53. The zero-order chi connectivity index (χ0) is 19.4. The molecule has 3 N–H and O–H groups in total. The largest absolute Gasteiger partial charge is 0.340 e. The van der Waals surface area contributed by atoms with Crippen molar-refractivity contribution in [3.8, 4) is 0 Å². The number of amides is 2. The van der Waals surface area contributed by atoms with Gasteiger partial charge < -0.3 is 16.0 Å². The molecule has 1 aromatic carbocycles. The minimum atomic E-state index is -0.703. The van der Waals surface area contributed by atoms with Crippen molar-refractivity contribution in [2.45, 2.75) is 32.7 Å². The number of halogens is 2. The van der Waals surface area contributed by atoms with Gasteiger partial charge in [-0.15, -0.1) is 24.8 Å². The average molecular weight is 439 g/mol. The van der Waals surface area contributed by atoms with Gasteiger partial charge in [0.2, 0.25) is 11.8 Å². The Morgan fingerprint density at radius 2 is 1.83 bits per heavy atom. The van der Waals surface area contributed by atoms with E-state index in [4.69, 9.17) is 5.73 Å². The summed E-state index contributed by atoms with van der Waals surface area (Å²) in [4.78, 5) is 31.4. The molecule has 3 rings (SSSR count). The van der Waals surface area contributed by atoms with Crippen molar-refractivity contribution >= 4 is 42.4 Å². The Hall–Kier alpha value is -2.15. The number of hydrogen-bond acceptors (Lipinski definition) is 4. The molecular weight excluding hydrogens is 411 g/mol. The van der Waals surface area contributed by atoms with Gasteiger partial charge in [-0.1, -0.05) is 35.9 Å². The van der Waals surface area contributed by atoms with Crippen molar-refractivity contribution in [1.82, 2.24) is 9.88 Å². The number of rotatable bonds is 4. The monoisotopic (exact) mass is 438 g/mol. The number of carbonyl (C=O) groups is 2. The summed E-state index contributed by atoms with van der Waals surface area (Å²) in [6.45, 7) is 4.89. The summed E-state index contributed by atoms with van der Waals surface area (Å²) in [7, 11) is 0. The third kappa shape index (κ3) is 6.42. The van der Waals surface area contributed by atoms with Crippen LogP contribution in [0.1, 0.15) is 35.7 Å². The van der Waals surface area contributed by atoms with Gasteiger partial charge in [0.05, 0.1) is 5.92 Å². The van der Waals surface area contributed by atoms with Crippen LogP contribution in [0.3, 0.4) is 0 Å². The minimum absolute atomic E-state index is 0. The first-order valence-electron chi connectivity index (χ1n) is 9.29. The number of aryl methyl sites for hydroxylation is 2. The fourth-order valence-electron chi connectivity index (χ4n) is 3.35. The molecule has 0 spiro atoms. The third-order valence-electron chi connectivity index (χ3n) is 4.95. The maximum absolute atomic E-state index is 12.8. The van der Waals surface area contributed by atoms with Crippen molar-refractivity contribution < 1.29 is 9.59 Å². The van der Waals surface area contributed by atoms with Crippen LogP contribution >= 0.6 is 24.8 Å². The molecule has 2 amide bonds. The van der Waals surface area contributed by atoms with Crippen molar-refractivity contribution in [1.29, 1.82) is 0 Å². The quantitative estimate of drug-likeness (QED) is 0.764. The number of carbonyl (C=O) groups excluding carboxylic acids is 2.